The molecule has 15 heavy (non-hydrogen) atoms. The molecule has 5 heteroatoms. The van der Waals surface area contributed by atoms with Gasteiger partial charge in [-0.05, 0) is 12.1 Å². The van der Waals surface area contributed by atoms with E-state index in [1.54, 1.807) is 24.7 Å². The minimum absolute atomic E-state index is 0.605. The van der Waals surface area contributed by atoms with E-state index in [4.69, 9.17) is 11.6 Å². The Bertz CT molecular complexity index is 432. The van der Waals surface area contributed by atoms with E-state index in [0.29, 0.717) is 11.6 Å². The van der Waals surface area contributed by atoms with Crippen LogP contribution in [0.15, 0.2) is 37.1 Å². The van der Waals surface area contributed by atoms with Crippen LogP contribution in [0.25, 0.3) is 0 Å². The minimum atomic E-state index is 0.605. The summed E-state index contributed by atoms with van der Waals surface area (Å²) in [5.74, 6) is 0. The van der Waals surface area contributed by atoms with Gasteiger partial charge in [-0.25, -0.2) is 9.97 Å². The summed E-state index contributed by atoms with van der Waals surface area (Å²) in [5.41, 5.74) is 1.71. The van der Waals surface area contributed by atoms with Gasteiger partial charge in [0.2, 0.25) is 0 Å². The van der Waals surface area contributed by atoms with Gasteiger partial charge in [-0.1, -0.05) is 11.6 Å². The lowest BCUT2D eigenvalue weighted by molar-refractivity contribution is 1.00. The molecule has 76 valence electrons. The quantitative estimate of drug-likeness (QED) is 0.861. The normalized spacial score (nSPS) is 9.93. The Labute approximate surface area is 92.4 Å². The highest BCUT2D eigenvalue weighted by Crippen LogP contribution is 2.19. The zero-order valence-corrected chi connectivity index (χ0v) is 8.65. The number of nitrogens with zero attached hydrogens (tertiary/aromatic N) is 3. The van der Waals surface area contributed by atoms with Crippen molar-refractivity contribution in [2.75, 3.05) is 5.32 Å². The molecule has 0 aromatic carbocycles. The van der Waals surface area contributed by atoms with Crippen LogP contribution < -0.4 is 5.32 Å². The van der Waals surface area contributed by atoms with Crippen LogP contribution in [0.3, 0.4) is 0 Å². The van der Waals surface area contributed by atoms with Gasteiger partial charge < -0.3 is 5.32 Å². The van der Waals surface area contributed by atoms with Gasteiger partial charge in [0.1, 0.15) is 6.33 Å². The van der Waals surface area contributed by atoms with Crippen LogP contribution in [0.2, 0.25) is 5.02 Å². The molecule has 2 rings (SSSR count). The van der Waals surface area contributed by atoms with Gasteiger partial charge in [0.25, 0.3) is 0 Å². The van der Waals surface area contributed by atoms with Crippen molar-refractivity contribution >= 4 is 17.3 Å². The van der Waals surface area contributed by atoms with Crippen molar-refractivity contribution in [1.82, 2.24) is 15.0 Å². The van der Waals surface area contributed by atoms with Crippen LogP contribution >= 0.6 is 11.6 Å². The first-order chi connectivity index (χ1) is 7.36. The summed E-state index contributed by atoms with van der Waals surface area (Å²) in [6.07, 6.45) is 6.55. The average molecular weight is 221 g/mol. The minimum Gasteiger partial charge on any atom is -0.377 e. The maximum atomic E-state index is 5.96. The highest BCUT2D eigenvalue weighted by Gasteiger charge is 1.99. The van der Waals surface area contributed by atoms with E-state index in [0.717, 1.165) is 11.4 Å². The first kappa shape index (κ1) is 9.86. The number of hydrogen-bond acceptors (Lipinski definition) is 4. The largest absolute Gasteiger partial charge is 0.377 e. The first-order valence-corrected chi connectivity index (χ1v) is 4.82. The van der Waals surface area contributed by atoms with Crippen LogP contribution in [-0.4, -0.2) is 15.0 Å². The third kappa shape index (κ3) is 2.63. The van der Waals surface area contributed by atoms with Crippen LogP contribution in [0.4, 0.5) is 5.69 Å². The third-order valence-corrected chi connectivity index (χ3v) is 2.20. The fraction of sp³-hybridized carbons (Fsp3) is 0.100. The van der Waals surface area contributed by atoms with Crippen molar-refractivity contribution in [3.05, 3.63) is 47.8 Å². The summed E-state index contributed by atoms with van der Waals surface area (Å²) < 4.78 is 0. The molecule has 2 aromatic heterocycles. The van der Waals surface area contributed by atoms with Crippen LogP contribution in [0.5, 0.6) is 0 Å². The fourth-order valence-corrected chi connectivity index (χ4v) is 1.29. The molecule has 2 aromatic rings. The zero-order chi connectivity index (χ0) is 10.5. The summed E-state index contributed by atoms with van der Waals surface area (Å²) in [6.45, 7) is 0.605. The molecule has 0 atom stereocenters. The second-order valence-electron chi connectivity index (χ2n) is 2.91. The molecule has 0 aliphatic rings. The summed E-state index contributed by atoms with van der Waals surface area (Å²) in [6, 6.07) is 3.58. The molecule has 0 radical (unpaired) electrons. The second kappa shape index (κ2) is 4.70. The van der Waals surface area contributed by atoms with E-state index >= 15 is 0 Å². The number of nitrogens with one attached hydrogen (secondary N) is 1. The molecule has 0 unspecified atom stereocenters. The molecule has 2 heterocycles. The molecule has 4 nitrogen and oxygen atoms in total. The Kier molecular flexibility index (Phi) is 3.09. The predicted octanol–water partition coefficient (Wildman–Crippen LogP) is 2.14. The third-order valence-electron chi connectivity index (χ3n) is 1.87. The molecule has 0 aliphatic heterocycles. The number of aromatic nitrogens is 3. The maximum Gasteiger partial charge on any atom is 0.115 e. The Morgan fingerprint density at radius 1 is 1.20 bits per heavy atom. The van der Waals surface area contributed by atoms with Gasteiger partial charge in [0.15, 0.2) is 0 Å². The lowest BCUT2D eigenvalue weighted by Crippen LogP contribution is -2.02. The number of hydrogen-bond donors (Lipinski definition) is 1. The van der Waals surface area contributed by atoms with Gasteiger partial charge in [-0.2, -0.15) is 0 Å². The summed E-state index contributed by atoms with van der Waals surface area (Å²) >= 11 is 5.96. The molecule has 0 saturated heterocycles. The SMILES string of the molecule is Clc1ccncc1NCc1ccncn1. The Hall–Kier alpha value is -1.68. The van der Waals surface area contributed by atoms with Crippen molar-refractivity contribution in [3.63, 3.8) is 0 Å². The zero-order valence-electron chi connectivity index (χ0n) is 7.89. The van der Waals surface area contributed by atoms with Gasteiger partial charge in [-0.15, -0.1) is 0 Å². The molecular formula is C10H9ClN4. The average Bonchev–Trinajstić information content (AvgIpc) is 2.29. The highest BCUT2D eigenvalue weighted by atomic mass is 35.5. The van der Waals surface area contributed by atoms with Crippen molar-refractivity contribution < 1.29 is 0 Å². The standard InChI is InChI=1S/C10H9ClN4/c11-9-2-4-12-6-10(9)14-5-8-1-3-13-7-15-8/h1-4,6-7,14H,5H2. The van der Waals surface area contributed by atoms with Crippen LogP contribution in [-0.2, 0) is 6.54 Å². The summed E-state index contributed by atoms with van der Waals surface area (Å²) in [4.78, 5) is 11.9. The molecule has 0 aliphatic carbocycles. The van der Waals surface area contributed by atoms with Gasteiger partial charge >= 0.3 is 0 Å². The van der Waals surface area contributed by atoms with E-state index in [9.17, 15) is 0 Å². The van der Waals surface area contributed by atoms with Gasteiger partial charge in [0, 0.05) is 12.4 Å². The topological polar surface area (TPSA) is 50.7 Å². The second-order valence-corrected chi connectivity index (χ2v) is 3.32. The summed E-state index contributed by atoms with van der Waals surface area (Å²) in [5, 5.41) is 3.80. The Balaban J connectivity index is 2.03. The van der Waals surface area contributed by atoms with Crippen molar-refractivity contribution in [3.8, 4) is 0 Å². The van der Waals surface area contributed by atoms with Crippen molar-refractivity contribution in [1.29, 1.82) is 0 Å². The molecule has 0 saturated carbocycles. The number of pyridine rings is 1. The van der Waals surface area contributed by atoms with Crippen LogP contribution in [0, 0.1) is 0 Å². The number of halogens is 1. The highest BCUT2D eigenvalue weighted by molar-refractivity contribution is 6.33. The lowest BCUT2D eigenvalue weighted by Gasteiger charge is -2.06. The Morgan fingerprint density at radius 3 is 2.80 bits per heavy atom. The van der Waals surface area contributed by atoms with Crippen molar-refractivity contribution in [2.24, 2.45) is 0 Å². The first-order valence-electron chi connectivity index (χ1n) is 4.44. The summed E-state index contributed by atoms with van der Waals surface area (Å²) in [7, 11) is 0. The van der Waals surface area contributed by atoms with E-state index in [1.165, 1.54) is 6.33 Å². The number of rotatable bonds is 3. The van der Waals surface area contributed by atoms with Gasteiger partial charge in [-0.3, -0.25) is 4.98 Å². The smallest absolute Gasteiger partial charge is 0.115 e. The molecular weight excluding hydrogens is 212 g/mol. The molecule has 0 amide bonds. The van der Waals surface area contributed by atoms with Crippen molar-refractivity contribution in [2.45, 2.75) is 6.54 Å². The molecule has 0 spiro atoms. The fourth-order valence-electron chi connectivity index (χ4n) is 1.12. The monoisotopic (exact) mass is 220 g/mol. The Morgan fingerprint density at radius 2 is 2.07 bits per heavy atom. The van der Waals surface area contributed by atoms with E-state index < -0.39 is 0 Å². The molecule has 0 bridgehead atoms. The molecule has 0 fully saturated rings. The van der Waals surface area contributed by atoms with E-state index in [1.807, 2.05) is 6.07 Å². The predicted molar refractivity (Wildman–Crippen MR) is 58.6 cm³/mol. The number of anilines is 1. The van der Waals surface area contributed by atoms with E-state index in [-0.39, 0.29) is 0 Å². The maximum absolute atomic E-state index is 5.96. The van der Waals surface area contributed by atoms with E-state index in [2.05, 4.69) is 20.3 Å². The lowest BCUT2D eigenvalue weighted by atomic mass is 10.3. The van der Waals surface area contributed by atoms with Crippen LogP contribution in [0.1, 0.15) is 5.69 Å². The molecule has 1 N–H and O–H groups in total. The van der Waals surface area contributed by atoms with Gasteiger partial charge in [0.05, 0.1) is 29.1 Å².